The van der Waals surface area contributed by atoms with Gasteiger partial charge in [-0.3, -0.25) is 4.79 Å². The highest BCUT2D eigenvalue weighted by Crippen LogP contribution is 2.26. The number of hydrogen-bond donors (Lipinski definition) is 0. The van der Waals surface area contributed by atoms with Crippen molar-refractivity contribution < 1.29 is 13.5 Å². The third-order valence-corrected chi connectivity index (χ3v) is 4.89. The predicted octanol–water partition coefficient (Wildman–Crippen LogP) is 3.04. The number of benzene rings is 2. The van der Waals surface area contributed by atoms with Crippen LogP contribution < -0.4 is 10.3 Å². The van der Waals surface area contributed by atoms with Crippen molar-refractivity contribution in [2.45, 2.75) is 6.54 Å². The van der Waals surface area contributed by atoms with Crippen LogP contribution in [0.1, 0.15) is 11.1 Å². The van der Waals surface area contributed by atoms with Crippen molar-refractivity contribution in [2.75, 3.05) is 31.2 Å². The largest absolute Gasteiger partial charge is 0.378 e. The van der Waals surface area contributed by atoms with E-state index < -0.39 is 11.2 Å². The molecule has 1 aromatic heterocycles. The maximum atomic E-state index is 14.8. The zero-order chi connectivity index (χ0) is 19.7. The van der Waals surface area contributed by atoms with Crippen LogP contribution in [0, 0.1) is 23.0 Å². The van der Waals surface area contributed by atoms with Gasteiger partial charge in [0, 0.05) is 25.8 Å². The van der Waals surface area contributed by atoms with E-state index in [1.54, 1.807) is 22.8 Å². The lowest BCUT2D eigenvalue weighted by Crippen LogP contribution is -2.36. The third-order valence-electron chi connectivity index (χ3n) is 4.89. The lowest BCUT2D eigenvalue weighted by Gasteiger charge is -2.29. The highest BCUT2D eigenvalue weighted by Gasteiger charge is 2.19. The molecule has 1 aliphatic heterocycles. The first-order valence-electron chi connectivity index (χ1n) is 8.91. The normalized spacial score (nSPS) is 14.2. The molecule has 4 rings (SSSR count). The third kappa shape index (κ3) is 3.35. The van der Waals surface area contributed by atoms with Gasteiger partial charge in [-0.15, -0.1) is 0 Å². The first-order chi connectivity index (χ1) is 13.6. The van der Waals surface area contributed by atoms with Gasteiger partial charge >= 0.3 is 0 Å². The van der Waals surface area contributed by atoms with Crippen LogP contribution in [0.2, 0.25) is 0 Å². The molecule has 2 aromatic carbocycles. The molecule has 0 atom stereocenters. The zero-order valence-electron chi connectivity index (χ0n) is 15.0. The van der Waals surface area contributed by atoms with Crippen molar-refractivity contribution in [1.29, 1.82) is 5.26 Å². The molecule has 0 N–H and O–H groups in total. The Morgan fingerprint density at radius 2 is 1.82 bits per heavy atom. The number of rotatable bonds is 3. The number of pyridine rings is 1. The summed E-state index contributed by atoms with van der Waals surface area (Å²) in [4.78, 5) is 14.4. The molecule has 1 saturated heterocycles. The standard InChI is InChI=1S/C21H17F2N3O2/c22-16-3-1-14(2-4-16)12-26-13-15(11-24)21(27)17-9-18(23)20(10-19(17)26)25-5-7-28-8-6-25/h1-4,9-10,13H,5-8,12H2. The Kier molecular flexibility index (Phi) is 4.80. The molecule has 0 spiro atoms. The summed E-state index contributed by atoms with van der Waals surface area (Å²) < 4.78 is 35.0. The maximum Gasteiger partial charge on any atom is 0.207 e. The smallest absolute Gasteiger partial charge is 0.207 e. The van der Waals surface area contributed by atoms with E-state index in [0.717, 1.165) is 5.56 Å². The molecule has 1 aliphatic rings. The highest BCUT2D eigenvalue weighted by molar-refractivity contribution is 5.84. The first kappa shape index (κ1) is 18.1. The second-order valence-electron chi connectivity index (χ2n) is 6.66. The molecule has 2 heterocycles. The van der Waals surface area contributed by atoms with Crippen molar-refractivity contribution in [3.63, 3.8) is 0 Å². The van der Waals surface area contributed by atoms with Crippen molar-refractivity contribution in [1.82, 2.24) is 4.57 Å². The van der Waals surface area contributed by atoms with Crippen LogP contribution in [0.3, 0.4) is 0 Å². The number of ether oxygens (including phenoxy) is 1. The van der Waals surface area contributed by atoms with Crippen LogP contribution in [-0.4, -0.2) is 30.9 Å². The van der Waals surface area contributed by atoms with Gasteiger partial charge in [-0.05, 0) is 29.8 Å². The summed E-state index contributed by atoms with van der Waals surface area (Å²) >= 11 is 0. The molecule has 142 valence electrons. The molecule has 0 radical (unpaired) electrons. The van der Waals surface area contributed by atoms with Crippen molar-refractivity contribution in [2.24, 2.45) is 0 Å². The molecule has 0 aliphatic carbocycles. The van der Waals surface area contributed by atoms with E-state index in [-0.39, 0.29) is 16.8 Å². The Morgan fingerprint density at radius 3 is 2.50 bits per heavy atom. The summed E-state index contributed by atoms with van der Waals surface area (Å²) in [6, 6.07) is 10.7. The average Bonchev–Trinajstić information content (AvgIpc) is 2.72. The van der Waals surface area contributed by atoms with Crippen LogP contribution in [0.25, 0.3) is 10.9 Å². The van der Waals surface area contributed by atoms with Crippen LogP contribution in [-0.2, 0) is 11.3 Å². The Bertz CT molecular complexity index is 1130. The van der Waals surface area contributed by atoms with Crippen LogP contribution in [0.15, 0.2) is 47.4 Å². The lowest BCUT2D eigenvalue weighted by molar-refractivity contribution is 0.122. The van der Waals surface area contributed by atoms with Gasteiger partial charge in [0.05, 0.1) is 29.8 Å². The molecule has 1 fully saturated rings. The molecule has 0 saturated carbocycles. The number of aromatic nitrogens is 1. The number of hydrogen-bond acceptors (Lipinski definition) is 4. The molecule has 0 bridgehead atoms. The SMILES string of the molecule is N#Cc1cn(Cc2ccc(F)cc2)c2cc(N3CCOCC3)c(F)cc2c1=O. The van der Waals surface area contributed by atoms with E-state index in [1.807, 2.05) is 11.0 Å². The second-order valence-corrected chi connectivity index (χ2v) is 6.66. The fraction of sp³-hybridized carbons (Fsp3) is 0.238. The topological polar surface area (TPSA) is 58.3 Å². The summed E-state index contributed by atoms with van der Waals surface area (Å²) in [5.74, 6) is -0.849. The number of nitriles is 1. The average molecular weight is 381 g/mol. The Labute approximate surface area is 160 Å². The van der Waals surface area contributed by atoms with E-state index in [1.165, 1.54) is 24.4 Å². The van der Waals surface area contributed by atoms with Gasteiger partial charge in [-0.25, -0.2) is 8.78 Å². The molecule has 0 unspecified atom stereocenters. The van der Waals surface area contributed by atoms with Gasteiger partial charge in [-0.2, -0.15) is 5.26 Å². The number of halogens is 2. The van der Waals surface area contributed by atoms with E-state index in [2.05, 4.69) is 0 Å². The summed E-state index contributed by atoms with van der Waals surface area (Å²) in [5.41, 5.74) is 1.16. The Balaban J connectivity index is 1.88. The summed E-state index contributed by atoms with van der Waals surface area (Å²) in [6.45, 7) is 2.45. The minimum Gasteiger partial charge on any atom is -0.378 e. The molecule has 0 amide bonds. The monoisotopic (exact) mass is 381 g/mol. The fourth-order valence-corrected chi connectivity index (χ4v) is 3.44. The van der Waals surface area contributed by atoms with E-state index in [4.69, 9.17) is 4.74 Å². The number of anilines is 1. The summed E-state index contributed by atoms with van der Waals surface area (Å²) in [6.07, 6.45) is 1.47. The van der Waals surface area contributed by atoms with Crippen LogP contribution in [0.5, 0.6) is 0 Å². The molecule has 3 aromatic rings. The van der Waals surface area contributed by atoms with Crippen LogP contribution >= 0.6 is 0 Å². The number of nitrogens with zero attached hydrogens (tertiary/aromatic N) is 3. The van der Waals surface area contributed by atoms with E-state index >= 15 is 0 Å². The molecule has 28 heavy (non-hydrogen) atoms. The fourth-order valence-electron chi connectivity index (χ4n) is 3.44. The van der Waals surface area contributed by atoms with Gasteiger partial charge in [0.25, 0.3) is 0 Å². The van der Waals surface area contributed by atoms with Crippen molar-refractivity contribution >= 4 is 16.6 Å². The number of morpholine rings is 1. The van der Waals surface area contributed by atoms with Gasteiger partial charge in [0.15, 0.2) is 0 Å². The van der Waals surface area contributed by atoms with Crippen molar-refractivity contribution in [3.05, 3.63) is 75.6 Å². The zero-order valence-corrected chi connectivity index (χ0v) is 15.0. The minimum atomic E-state index is -0.505. The summed E-state index contributed by atoms with van der Waals surface area (Å²) in [5, 5.41) is 9.45. The second kappa shape index (κ2) is 7.41. The van der Waals surface area contributed by atoms with E-state index in [9.17, 15) is 18.8 Å². The van der Waals surface area contributed by atoms with Gasteiger partial charge < -0.3 is 14.2 Å². The molecule has 5 nitrogen and oxygen atoms in total. The quantitative estimate of drug-likeness (QED) is 0.700. The Morgan fingerprint density at radius 1 is 1.11 bits per heavy atom. The minimum absolute atomic E-state index is 0.0619. The van der Waals surface area contributed by atoms with E-state index in [0.29, 0.717) is 44.1 Å². The van der Waals surface area contributed by atoms with Crippen molar-refractivity contribution in [3.8, 4) is 6.07 Å². The van der Waals surface area contributed by atoms with Crippen LogP contribution in [0.4, 0.5) is 14.5 Å². The molecule has 7 heteroatoms. The summed E-state index contributed by atoms with van der Waals surface area (Å²) in [7, 11) is 0. The highest BCUT2D eigenvalue weighted by atomic mass is 19.1. The predicted molar refractivity (Wildman–Crippen MR) is 101 cm³/mol. The molecular formula is C21H17F2N3O2. The molecular weight excluding hydrogens is 364 g/mol. The Hall–Kier alpha value is -3.24. The first-order valence-corrected chi connectivity index (χ1v) is 8.91. The van der Waals surface area contributed by atoms with Gasteiger partial charge in [0.1, 0.15) is 23.3 Å². The van der Waals surface area contributed by atoms with Gasteiger partial charge in [0.2, 0.25) is 5.43 Å². The number of fused-ring (bicyclic) bond motifs is 1. The lowest BCUT2D eigenvalue weighted by atomic mass is 10.1. The maximum absolute atomic E-state index is 14.8. The van der Waals surface area contributed by atoms with Gasteiger partial charge in [-0.1, -0.05) is 12.1 Å².